The molecule has 0 aliphatic rings. The second-order valence-electron chi connectivity index (χ2n) is 3.23. The van der Waals surface area contributed by atoms with E-state index in [2.05, 4.69) is 11.9 Å². The summed E-state index contributed by atoms with van der Waals surface area (Å²) in [6, 6.07) is -0.845. The molecule has 0 saturated carbocycles. The normalized spacial score (nSPS) is 12.7. The molecule has 0 unspecified atom stereocenters. The molecule has 0 aliphatic carbocycles. The van der Waals surface area contributed by atoms with E-state index >= 15 is 0 Å². The lowest BCUT2D eigenvalue weighted by molar-refractivity contribution is -0.138. The fourth-order valence-electron chi connectivity index (χ4n) is 1.27. The molecule has 1 atom stereocenters. The van der Waals surface area contributed by atoms with Gasteiger partial charge in [0, 0.05) is 24.9 Å². The van der Waals surface area contributed by atoms with Crippen LogP contribution in [0.2, 0.25) is 0 Å². The number of imidazole rings is 1. The van der Waals surface area contributed by atoms with Gasteiger partial charge in [0.15, 0.2) is 0 Å². The van der Waals surface area contributed by atoms with Gasteiger partial charge >= 0.3 is 5.97 Å². The lowest BCUT2D eigenvalue weighted by Gasteiger charge is -2.08. The van der Waals surface area contributed by atoms with E-state index in [-0.39, 0.29) is 0 Å². The van der Waals surface area contributed by atoms with Crippen LogP contribution in [0.15, 0.2) is 12.5 Å². The highest BCUT2D eigenvalue weighted by Crippen LogP contribution is 2.03. The highest BCUT2D eigenvalue weighted by molar-refractivity contribution is 5.73. The molecule has 1 heterocycles. The van der Waals surface area contributed by atoms with Gasteiger partial charge in [-0.25, -0.2) is 4.98 Å². The van der Waals surface area contributed by atoms with Crippen LogP contribution in [0, 0.1) is 0 Å². The van der Waals surface area contributed by atoms with Crippen molar-refractivity contribution in [3.8, 4) is 0 Å². The molecule has 0 spiro atoms. The van der Waals surface area contributed by atoms with Crippen molar-refractivity contribution in [2.45, 2.75) is 32.4 Å². The fourth-order valence-corrected chi connectivity index (χ4v) is 1.27. The number of aromatic nitrogens is 2. The zero-order chi connectivity index (χ0) is 10.6. The Morgan fingerprint density at radius 1 is 1.79 bits per heavy atom. The van der Waals surface area contributed by atoms with Gasteiger partial charge in [-0.2, -0.15) is 0 Å². The highest BCUT2D eigenvalue weighted by Gasteiger charge is 2.14. The molecule has 0 aliphatic heterocycles. The maximum atomic E-state index is 10.5. The van der Waals surface area contributed by atoms with Crippen LogP contribution in [-0.4, -0.2) is 26.7 Å². The summed E-state index contributed by atoms with van der Waals surface area (Å²) in [5.74, 6) is -0.978. The highest BCUT2D eigenvalue weighted by atomic mass is 16.4. The van der Waals surface area contributed by atoms with Crippen LogP contribution < -0.4 is 5.73 Å². The Hall–Kier alpha value is -1.36. The van der Waals surface area contributed by atoms with Gasteiger partial charge in [-0.05, 0) is 6.42 Å². The molecule has 1 aromatic heterocycles. The molecule has 0 saturated heterocycles. The number of hydrogen-bond donors (Lipinski definition) is 2. The number of carboxylic acids is 1. The monoisotopic (exact) mass is 197 g/mol. The van der Waals surface area contributed by atoms with Gasteiger partial charge in [0.2, 0.25) is 0 Å². The van der Waals surface area contributed by atoms with Crippen molar-refractivity contribution in [3.63, 3.8) is 0 Å². The number of rotatable bonds is 5. The third-order valence-electron chi connectivity index (χ3n) is 2.01. The molecule has 5 nitrogen and oxygen atoms in total. The average molecular weight is 197 g/mol. The average Bonchev–Trinajstić information content (AvgIpc) is 2.53. The summed E-state index contributed by atoms with van der Waals surface area (Å²) in [7, 11) is 0. The first-order chi connectivity index (χ1) is 6.65. The number of carboxylic acid groups (broad SMARTS) is 1. The van der Waals surface area contributed by atoms with Crippen LogP contribution in [0.4, 0.5) is 0 Å². The lowest BCUT2D eigenvalue weighted by Crippen LogP contribution is -2.33. The molecule has 0 aromatic carbocycles. The summed E-state index contributed by atoms with van der Waals surface area (Å²) in [6.07, 6.45) is 4.69. The molecule has 0 amide bonds. The Balaban J connectivity index is 2.66. The Labute approximate surface area is 82.6 Å². The molecule has 14 heavy (non-hydrogen) atoms. The minimum atomic E-state index is -0.978. The Kier molecular flexibility index (Phi) is 3.64. The van der Waals surface area contributed by atoms with Gasteiger partial charge in [-0.3, -0.25) is 4.79 Å². The Bertz CT molecular complexity index is 309. The molecule has 1 rings (SSSR count). The number of hydrogen-bond acceptors (Lipinski definition) is 3. The summed E-state index contributed by atoms with van der Waals surface area (Å²) in [4.78, 5) is 14.5. The summed E-state index contributed by atoms with van der Waals surface area (Å²) in [5.41, 5.74) is 6.31. The summed E-state index contributed by atoms with van der Waals surface area (Å²) >= 11 is 0. The second-order valence-corrected chi connectivity index (χ2v) is 3.23. The Morgan fingerprint density at radius 3 is 3.07 bits per heavy atom. The van der Waals surface area contributed by atoms with E-state index in [4.69, 9.17) is 10.8 Å². The molecular formula is C9H15N3O2. The molecule has 0 bridgehead atoms. The van der Waals surface area contributed by atoms with E-state index in [0.717, 1.165) is 18.7 Å². The molecule has 78 valence electrons. The van der Waals surface area contributed by atoms with Crippen molar-refractivity contribution < 1.29 is 9.90 Å². The van der Waals surface area contributed by atoms with Gasteiger partial charge in [-0.15, -0.1) is 0 Å². The maximum absolute atomic E-state index is 10.5. The van der Waals surface area contributed by atoms with E-state index < -0.39 is 12.0 Å². The smallest absolute Gasteiger partial charge is 0.320 e. The van der Waals surface area contributed by atoms with E-state index in [1.165, 1.54) is 0 Å². The first-order valence-corrected chi connectivity index (χ1v) is 4.62. The quantitative estimate of drug-likeness (QED) is 0.708. The van der Waals surface area contributed by atoms with Crippen molar-refractivity contribution in [1.29, 1.82) is 0 Å². The predicted molar refractivity (Wildman–Crippen MR) is 51.8 cm³/mol. The van der Waals surface area contributed by atoms with Crippen molar-refractivity contribution >= 4 is 5.97 Å². The Morgan fingerprint density at radius 2 is 2.50 bits per heavy atom. The fraction of sp³-hybridized carbons (Fsp3) is 0.556. The van der Waals surface area contributed by atoms with Crippen LogP contribution >= 0.6 is 0 Å². The zero-order valence-electron chi connectivity index (χ0n) is 8.18. The minimum Gasteiger partial charge on any atom is -0.480 e. The molecular weight excluding hydrogens is 182 g/mol. The van der Waals surface area contributed by atoms with Crippen molar-refractivity contribution in [1.82, 2.24) is 9.55 Å². The number of nitrogens with two attached hydrogens (primary N) is 1. The summed E-state index contributed by atoms with van der Waals surface area (Å²) < 4.78 is 1.93. The van der Waals surface area contributed by atoms with E-state index in [9.17, 15) is 4.79 Å². The van der Waals surface area contributed by atoms with Gasteiger partial charge in [0.25, 0.3) is 0 Å². The van der Waals surface area contributed by atoms with Crippen LogP contribution in [0.1, 0.15) is 19.0 Å². The third-order valence-corrected chi connectivity index (χ3v) is 2.01. The maximum Gasteiger partial charge on any atom is 0.320 e. The second kappa shape index (κ2) is 4.76. The van der Waals surface area contributed by atoms with Gasteiger partial charge in [0.05, 0.1) is 6.33 Å². The van der Waals surface area contributed by atoms with Crippen LogP contribution in [-0.2, 0) is 17.8 Å². The third kappa shape index (κ3) is 2.56. The topological polar surface area (TPSA) is 81.1 Å². The number of aliphatic carboxylic acids is 1. The molecule has 0 fully saturated rings. The van der Waals surface area contributed by atoms with Gasteiger partial charge in [-0.1, -0.05) is 6.92 Å². The minimum absolute atomic E-state index is 0.329. The van der Waals surface area contributed by atoms with Crippen molar-refractivity contribution in [3.05, 3.63) is 18.2 Å². The van der Waals surface area contributed by atoms with E-state index in [1.54, 1.807) is 12.5 Å². The summed E-state index contributed by atoms with van der Waals surface area (Å²) in [6.45, 7) is 2.91. The molecule has 5 heteroatoms. The number of aryl methyl sites for hydroxylation is 1. The van der Waals surface area contributed by atoms with E-state index in [0.29, 0.717) is 6.42 Å². The van der Waals surface area contributed by atoms with Gasteiger partial charge in [0.1, 0.15) is 6.04 Å². The van der Waals surface area contributed by atoms with Crippen LogP contribution in [0.5, 0.6) is 0 Å². The first kappa shape index (κ1) is 10.7. The molecule has 1 aromatic rings. The van der Waals surface area contributed by atoms with E-state index in [1.807, 2.05) is 4.57 Å². The largest absolute Gasteiger partial charge is 0.480 e. The predicted octanol–water partition coefficient (Wildman–Crippen LogP) is 0.248. The van der Waals surface area contributed by atoms with Crippen molar-refractivity contribution in [2.24, 2.45) is 5.73 Å². The SMILES string of the molecule is CCCn1cncc1C[C@@H](N)C(=O)O. The number of nitrogens with zero attached hydrogens (tertiary/aromatic N) is 2. The number of carbonyl (C=O) groups is 1. The standard InChI is InChI=1S/C9H15N3O2/c1-2-3-12-6-11-5-7(12)4-8(10)9(13)14/h5-6,8H,2-4,10H2,1H3,(H,13,14)/t8-/m1/s1. The lowest BCUT2D eigenvalue weighted by atomic mass is 10.2. The summed E-state index contributed by atoms with van der Waals surface area (Å²) in [5, 5.41) is 8.65. The molecule has 3 N–H and O–H groups in total. The van der Waals surface area contributed by atoms with Crippen LogP contribution in [0.3, 0.4) is 0 Å². The van der Waals surface area contributed by atoms with Gasteiger partial charge < -0.3 is 15.4 Å². The first-order valence-electron chi connectivity index (χ1n) is 4.62. The zero-order valence-corrected chi connectivity index (χ0v) is 8.18. The molecule has 0 radical (unpaired) electrons. The van der Waals surface area contributed by atoms with Crippen molar-refractivity contribution in [2.75, 3.05) is 0 Å². The van der Waals surface area contributed by atoms with Crippen LogP contribution in [0.25, 0.3) is 0 Å².